The number of rotatable bonds is 3. The molecule has 2 aromatic heterocycles. The van der Waals surface area contributed by atoms with Gasteiger partial charge in [0.1, 0.15) is 11.5 Å². The van der Waals surface area contributed by atoms with Crippen molar-refractivity contribution in [3.63, 3.8) is 0 Å². The average molecular weight is 417 g/mol. The number of fused-ring (bicyclic) bond motifs is 1. The van der Waals surface area contributed by atoms with Crippen LogP contribution in [-0.4, -0.2) is 43.9 Å². The molecule has 7 nitrogen and oxygen atoms in total. The van der Waals surface area contributed by atoms with Gasteiger partial charge in [-0.2, -0.15) is 0 Å². The van der Waals surface area contributed by atoms with Gasteiger partial charge in [0.05, 0.1) is 17.4 Å². The first-order valence-electron chi connectivity index (χ1n) is 10.1. The van der Waals surface area contributed by atoms with E-state index in [2.05, 4.69) is 22.2 Å². The Hall–Kier alpha value is -3.81. The zero-order valence-electron chi connectivity index (χ0n) is 16.9. The highest BCUT2D eigenvalue weighted by Gasteiger charge is 2.24. The molecule has 156 valence electrons. The molecule has 0 spiro atoms. The molecule has 0 aliphatic carbocycles. The predicted molar refractivity (Wildman–Crippen MR) is 115 cm³/mol. The predicted octanol–water partition coefficient (Wildman–Crippen LogP) is 3.40. The molecule has 0 bridgehead atoms. The van der Waals surface area contributed by atoms with Crippen LogP contribution in [-0.2, 0) is 0 Å². The number of carbonyl (C=O) groups excluding carboxylic acids is 1. The summed E-state index contributed by atoms with van der Waals surface area (Å²) in [6.07, 6.45) is 2.67. The highest BCUT2D eigenvalue weighted by molar-refractivity contribution is 5.94. The molecular weight excluding hydrogens is 397 g/mol. The number of benzene rings is 2. The van der Waals surface area contributed by atoms with Crippen molar-refractivity contribution in [1.29, 1.82) is 0 Å². The summed E-state index contributed by atoms with van der Waals surface area (Å²) >= 11 is 0. The van der Waals surface area contributed by atoms with Crippen LogP contribution in [0.3, 0.4) is 0 Å². The lowest BCUT2D eigenvalue weighted by Crippen LogP contribution is -2.28. The number of halogens is 1. The highest BCUT2D eigenvalue weighted by atomic mass is 19.1. The first-order chi connectivity index (χ1) is 15.0. The molecule has 1 amide bonds. The Balaban J connectivity index is 1.42. The van der Waals surface area contributed by atoms with Crippen LogP contribution in [0.4, 0.5) is 4.39 Å². The molecule has 0 radical (unpaired) electrons. The number of carbonyl (C=O) groups is 1. The number of aromatic amines is 1. The Kier molecular flexibility index (Phi) is 4.62. The number of nitrogens with zero attached hydrogens (tertiary/aromatic N) is 4. The summed E-state index contributed by atoms with van der Waals surface area (Å²) in [5.74, 6) is 0.184. The number of amides is 1. The molecule has 4 aromatic rings. The van der Waals surface area contributed by atoms with E-state index < -0.39 is 0 Å². The minimum atomic E-state index is -0.382. The van der Waals surface area contributed by atoms with Gasteiger partial charge in [-0.1, -0.05) is 12.1 Å². The normalized spacial score (nSPS) is 16.2. The summed E-state index contributed by atoms with van der Waals surface area (Å²) in [6.45, 7) is 3.73. The number of hydrogen-bond donors (Lipinski definition) is 1. The Morgan fingerprint density at radius 2 is 1.97 bits per heavy atom. The lowest BCUT2D eigenvalue weighted by atomic mass is 10.1. The zero-order valence-corrected chi connectivity index (χ0v) is 16.9. The lowest BCUT2D eigenvalue weighted by molar-refractivity contribution is 0.0788. The van der Waals surface area contributed by atoms with E-state index in [1.165, 1.54) is 22.9 Å². The van der Waals surface area contributed by atoms with E-state index >= 15 is 0 Å². The Morgan fingerprint density at radius 1 is 1.16 bits per heavy atom. The second-order valence-corrected chi connectivity index (χ2v) is 7.98. The first-order valence-corrected chi connectivity index (χ1v) is 10.1. The van der Waals surface area contributed by atoms with Crippen LogP contribution in [0.5, 0.6) is 0 Å². The monoisotopic (exact) mass is 417 g/mol. The van der Waals surface area contributed by atoms with Gasteiger partial charge in [0.25, 0.3) is 11.5 Å². The van der Waals surface area contributed by atoms with Gasteiger partial charge in [-0.25, -0.2) is 9.07 Å². The third-order valence-electron chi connectivity index (χ3n) is 5.67. The zero-order chi connectivity index (χ0) is 21.5. The van der Waals surface area contributed by atoms with Crippen molar-refractivity contribution < 1.29 is 9.18 Å². The molecule has 31 heavy (non-hydrogen) atoms. The largest absolute Gasteiger partial charge is 0.338 e. The summed E-state index contributed by atoms with van der Waals surface area (Å²) in [6, 6.07) is 12.9. The van der Waals surface area contributed by atoms with Crippen LogP contribution >= 0.6 is 0 Å². The fourth-order valence-electron chi connectivity index (χ4n) is 3.94. The van der Waals surface area contributed by atoms with E-state index in [0.29, 0.717) is 39.3 Å². The number of pyridine rings is 1. The van der Waals surface area contributed by atoms with E-state index in [9.17, 15) is 14.0 Å². The minimum absolute atomic E-state index is 0.0325. The van der Waals surface area contributed by atoms with Crippen LogP contribution in [0.25, 0.3) is 27.8 Å². The van der Waals surface area contributed by atoms with Gasteiger partial charge in [0.15, 0.2) is 0 Å². The lowest BCUT2D eigenvalue weighted by Gasteiger charge is -2.16. The smallest absolute Gasteiger partial charge is 0.258 e. The third kappa shape index (κ3) is 3.61. The van der Waals surface area contributed by atoms with Crippen LogP contribution in [0.2, 0.25) is 0 Å². The number of likely N-dealkylation sites (tertiary alicyclic amines) is 1. The van der Waals surface area contributed by atoms with E-state index in [0.717, 1.165) is 19.5 Å². The summed E-state index contributed by atoms with van der Waals surface area (Å²) in [5, 5.41) is 8.79. The molecule has 0 saturated carbocycles. The maximum absolute atomic E-state index is 13.6. The topological polar surface area (TPSA) is 83.9 Å². The standard InChI is InChI=1S/C23H20FN5O2/c1-14-8-9-28(12-14)23(31)15-2-5-18(6-3-15)29-13-21(26-27-29)19-11-16-10-17(24)4-7-20(16)25-22(19)30/h2-7,10-11,13-14H,8-9,12H2,1H3,(H,25,30)/t14-/m0/s1. The molecular formula is C23H20FN5O2. The molecule has 1 atom stereocenters. The van der Waals surface area contributed by atoms with Crippen LogP contribution in [0.1, 0.15) is 23.7 Å². The van der Waals surface area contributed by atoms with Gasteiger partial charge in [0, 0.05) is 29.6 Å². The van der Waals surface area contributed by atoms with Crippen LogP contribution in [0, 0.1) is 11.7 Å². The van der Waals surface area contributed by atoms with Crippen molar-refractivity contribution in [3.05, 3.63) is 76.5 Å². The molecule has 2 aromatic carbocycles. The second kappa shape index (κ2) is 7.46. The number of hydrogen-bond acceptors (Lipinski definition) is 4. The maximum atomic E-state index is 13.6. The van der Waals surface area contributed by atoms with Gasteiger partial charge in [-0.15, -0.1) is 5.10 Å². The SMILES string of the molecule is C[C@H]1CCN(C(=O)c2ccc(-n3cc(-c4cc5cc(F)ccc5[nH]c4=O)nn3)cc2)C1. The fourth-order valence-corrected chi connectivity index (χ4v) is 3.94. The summed E-state index contributed by atoms with van der Waals surface area (Å²) in [5.41, 5.74) is 2.25. The van der Waals surface area contributed by atoms with Crippen LogP contribution < -0.4 is 5.56 Å². The van der Waals surface area contributed by atoms with Crippen molar-refractivity contribution in [2.75, 3.05) is 13.1 Å². The van der Waals surface area contributed by atoms with Gasteiger partial charge in [-0.05, 0) is 60.9 Å². The molecule has 1 N–H and O–H groups in total. The van der Waals surface area contributed by atoms with Crippen molar-refractivity contribution in [2.45, 2.75) is 13.3 Å². The van der Waals surface area contributed by atoms with E-state index in [-0.39, 0.29) is 17.3 Å². The van der Waals surface area contributed by atoms with Gasteiger partial charge in [-0.3, -0.25) is 9.59 Å². The molecule has 0 unspecified atom stereocenters. The number of nitrogens with one attached hydrogen (secondary N) is 1. The van der Waals surface area contributed by atoms with Crippen molar-refractivity contribution >= 4 is 16.8 Å². The Morgan fingerprint density at radius 3 is 2.71 bits per heavy atom. The first kappa shape index (κ1) is 19.2. The van der Waals surface area contributed by atoms with Gasteiger partial charge in [0.2, 0.25) is 0 Å². The average Bonchev–Trinajstić information content (AvgIpc) is 3.43. The highest BCUT2D eigenvalue weighted by Crippen LogP contribution is 2.21. The van der Waals surface area contributed by atoms with Crippen molar-refractivity contribution in [3.8, 4) is 16.9 Å². The van der Waals surface area contributed by atoms with Gasteiger partial charge >= 0.3 is 0 Å². The van der Waals surface area contributed by atoms with Crippen molar-refractivity contribution in [2.24, 2.45) is 5.92 Å². The molecule has 1 aliphatic heterocycles. The van der Waals surface area contributed by atoms with Crippen LogP contribution in [0.15, 0.2) is 59.5 Å². The number of H-pyrrole nitrogens is 1. The second-order valence-electron chi connectivity index (χ2n) is 7.98. The van der Waals surface area contributed by atoms with Crippen molar-refractivity contribution in [1.82, 2.24) is 24.9 Å². The molecule has 1 fully saturated rings. The quantitative estimate of drug-likeness (QED) is 0.554. The Bertz CT molecular complexity index is 1340. The Labute approximate surface area is 177 Å². The fraction of sp³-hybridized carbons (Fsp3) is 0.217. The molecule has 8 heteroatoms. The molecule has 5 rings (SSSR count). The minimum Gasteiger partial charge on any atom is -0.338 e. The maximum Gasteiger partial charge on any atom is 0.258 e. The summed E-state index contributed by atoms with van der Waals surface area (Å²) < 4.78 is 15.1. The number of aromatic nitrogens is 4. The molecule has 1 aliphatic rings. The molecule has 3 heterocycles. The van der Waals surface area contributed by atoms with E-state index in [1.54, 1.807) is 36.5 Å². The molecule has 1 saturated heterocycles. The van der Waals surface area contributed by atoms with E-state index in [1.807, 2.05) is 4.90 Å². The summed E-state index contributed by atoms with van der Waals surface area (Å²) in [4.78, 5) is 29.7. The van der Waals surface area contributed by atoms with Gasteiger partial charge < -0.3 is 9.88 Å². The summed E-state index contributed by atoms with van der Waals surface area (Å²) in [7, 11) is 0. The third-order valence-corrected chi connectivity index (χ3v) is 5.67. The van der Waals surface area contributed by atoms with E-state index in [4.69, 9.17) is 0 Å².